The smallest absolute Gasteiger partial charge is 0.256 e. The second kappa shape index (κ2) is 10.4. The predicted molar refractivity (Wildman–Crippen MR) is 139 cm³/mol. The molecule has 0 saturated carbocycles. The van der Waals surface area contributed by atoms with Crippen molar-refractivity contribution in [2.24, 2.45) is 0 Å². The van der Waals surface area contributed by atoms with Gasteiger partial charge in [-0.25, -0.2) is 19.6 Å². The van der Waals surface area contributed by atoms with Gasteiger partial charge in [-0.05, 0) is 45.6 Å². The van der Waals surface area contributed by atoms with E-state index in [-0.39, 0.29) is 17.0 Å². The zero-order chi connectivity index (χ0) is 25.1. The Labute approximate surface area is 207 Å². The summed E-state index contributed by atoms with van der Waals surface area (Å²) in [6.45, 7) is 11.3. The average Bonchev–Trinajstić information content (AvgIpc) is 3.22. The summed E-state index contributed by atoms with van der Waals surface area (Å²) < 4.78 is 3.58. The first-order valence-electron chi connectivity index (χ1n) is 11.7. The summed E-state index contributed by atoms with van der Waals surface area (Å²) >= 11 is 1.56. The SMILES string of the molecule is CCSc1nc(NC(C)C)c2cnn(CCNC(=O)c3cn(CC)c4nc(C)ccc4c3=O)c2n1. The van der Waals surface area contributed by atoms with Gasteiger partial charge in [0.2, 0.25) is 5.43 Å². The fourth-order valence-corrected chi connectivity index (χ4v) is 4.37. The molecule has 0 aliphatic rings. The Morgan fingerprint density at radius 3 is 2.63 bits per heavy atom. The molecule has 0 spiro atoms. The standard InChI is InChI=1S/C24H30N8O2S/c1-6-31-13-18(19(33)16-9-8-15(5)28-21(16)31)23(34)25-10-11-32-22-17(12-26-32)20(27-14(3)4)29-24(30-22)35-7-2/h8-9,12-14H,6-7,10-11H2,1-5H3,(H,25,34)(H,27,29,30). The molecule has 35 heavy (non-hydrogen) atoms. The monoisotopic (exact) mass is 494 g/mol. The lowest BCUT2D eigenvalue weighted by Gasteiger charge is -2.12. The summed E-state index contributed by atoms with van der Waals surface area (Å²) in [5.41, 5.74) is 1.89. The Morgan fingerprint density at radius 2 is 1.91 bits per heavy atom. The van der Waals surface area contributed by atoms with E-state index in [1.54, 1.807) is 41.0 Å². The van der Waals surface area contributed by atoms with E-state index < -0.39 is 5.91 Å². The number of rotatable bonds is 9. The van der Waals surface area contributed by atoms with Crippen LogP contribution in [0.2, 0.25) is 0 Å². The Balaban J connectivity index is 1.56. The summed E-state index contributed by atoms with van der Waals surface area (Å²) in [6.07, 6.45) is 3.32. The molecule has 4 heterocycles. The molecule has 0 unspecified atom stereocenters. The first-order chi connectivity index (χ1) is 16.8. The molecule has 0 saturated heterocycles. The van der Waals surface area contributed by atoms with Crippen molar-refractivity contribution in [1.82, 2.24) is 34.6 Å². The van der Waals surface area contributed by atoms with Gasteiger partial charge in [0, 0.05) is 31.0 Å². The summed E-state index contributed by atoms with van der Waals surface area (Å²) in [6, 6.07) is 3.72. The number of carbonyl (C=O) groups excluding carboxylic acids is 1. The third kappa shape index (κ3) is 5.14. The second-order valence-electron chi connectivity index (χ2n) is 8.43. The quantitative estimate of drug-likeness (QED) is 0.269. The van der Waals surface area contributed by atoms with Crippen LogP contribution >= 0.6 is 11.8 Å². The highest BCUT2D eigenvalue weighted by Gasteiger charge is 2.17. The fraction of sp³-hybridized carbons (Fsp3) is 0.417. The minimum atomic E-state index is -0.421. The van der Waals surface area contributed by atoms with Crippen molar-refractivity contribution < 1.29 is 4.79 Å². The summed E-state index contributed by atoms with van der Waals surface area (Å²) in [7, 11) is 0. The van der Waals surface area contributed by atoms with Gasteiger partial charge < -0.3 is 15.2 Å². The lowest BCUT2D eigenvalue weighted by molar-refractivity contribution is 0.0950. The molecule has 0 aromatic carbocycles. The lowest BCUT2D eigenvalue weighted by Crippen LogP contribution is -2.32. The molecule has 2 N–H and O–H groups in total. The molecule has 0 aliphatic heterocycles. The van der Waals surface area contributed by atoms with Crippen LogP contribution in [0, 0.1) is 6.92 Å². The molecule has 4 aromatic heterocycles. The van der Waals surface area contributed by atoms with E-state index in [1.165, 1.54) is 0 Å². The van der Waals surface area contributed by atoms with Crippen molar-refractivity contribution in [3.63, 3.8) is 0 Å². The number of carbonyl (C=O) groups is 1. The number of amides is 1. The van der Waals surface area contributed by atoms with Crippen LogP contribution in [0.4, 0.5) is 5.82 Å². The van der Waals surface area contributed by atoms with Crippen LogP contribution < -0.4 is 16.1 Å². The number of anilines is 1. The summed E-state index contributed by atoms with van der Waals surface area (Å²) in [5, 5.41) is 12.6. The lowest BCUT2D eigenvalue weighted by atomic mass is 10.1. The second-order valence-corrected chi connectivity index (χ2v) is 9.66. The minimum Gasteiger partial charge on any atom is -0.367 e. The third-order valence-electron chi connectivity index (χ3n) is 5.43. The highest BCUT2D eigenvalue weighted by molar-refractivity contribution is 7.99. The van der Waals surface area contributed by atoms with Gasteiger partial charge in [-0.2, -0.15) is 5.10 Å². The topological polar surface area (TPSA) is 120 Å². The molecule has 0 radical (unpaired) electrons. The number of pyridine rings is 2. The maximum atomic E-state index is 13.0. The highest BCUT2D eigenvalue weighted by Crippen LogP contribution is 2.24. The van der Waals surface area contributed by atoms with Crippen LogP contribution in [0.25, 0.3) is 22.1 Å². The molecular weight excluding hydrogens is 464 g/mol. The van der Waals surface area contributed by atoms with Crippen molar-refractivity contribution >= 4 is 45.6 Å². The average molecular weight is 495 g/mol. The van der Waals surface area contributed by atoms with Gasteiger partial charge in [0.15, 0.2) is 10.8 Å². The van der Waals surface area contributed by atoms with Gasteiger partial charge in [0.05, 0.1) is 23.5 Å². The van der Waals surface area contributed by atoms with Crippen LogP contribution in [0.15, 0.2) is 34.5 Å². The molecule has 11 heteroatoms. The van der Waals surface area contributed by atoms with Gasteiger partial charge >= 0.3 is 0 Å². The number of nitrogens with zero attached hydrogens (tertiary/aromatic N) is 6. The normalized spacial score (nSPS) is 11.5. The van der Waals surface area contributed by atoms with Crippen molar-refractivity contribution in [3.8, 4) is 0 Å². The van der Waals surface area contributed by atoms with Gasteiger partial charge in [-0.15, -0.1) is 0 Å². The van der Waals surface area contributed by atoms with Crippen molar-refractivity contribution in [2.75, 3.05) is 17.6 Å². The van der Waals surface area contributed by atoms with E-state index in [1.807, 2.05) is 18.4 Å². The van der Waals surface area contributed by atoms with Gasteiger partial charge in [0.1, 0.15) is 17.0 Å². The number of hydrogen-bond donors (Lipinski definition) is 2. The molecule has 0 aliphatic carbocycles. The van der Waals surface area contributed by atoms with Crippen molar-refractivity contribution in [2.45, 2.75) is 58.9 Å². The molecule has 10 nitrogen and oxygen atoms in total. The van der Waals surface area contributed by atoms with E-state index in [0.29, 0.717) is 41.5 Å². The zero-order valence-electron chi connectivity index (χ0n) is 20.6. The van der Waals surface area contributed by atoms with E-state index in [0.717, 1.165) is 22.7 Å². The van der Waals surface area contributed by atoms with Crippen molar-refractivity contribution in [1.29, 1.82) is 0 Å². The summed E-state index contributed by atoms with van der Waals surface area (Å²) in [5.74, 6) is 1.18. The number of aromatic nitrogens is 6. The molecule has 184 valence electrons. The fourth-order valence-electron chi connectivity index (χ4n) is 3.81. The molecule has 1 amide bonds. The molecule has 4 aromatic rings. The first kappa shape index (κ1) is 24.6. The maximum absolute atomic E-state index is 13.0. The Hall–Kier alpha value is -3.47. The largest absolute Gasteiger partial charge is 0.367 e. The Morgan fingerprint density at radius 1 is 1.11 bits per heavy atom. The number of aryl methyl sites for hydroxylation is 2. The summed E-state index contributed by atoms with van der Waals surface area (Å²) in [4.78, 5) is 39.7. The van der Waals surface area contributed by atoms with E-state index in [4.69, 9.17) is 0 Å². The highest BCUT2D eigenvalue weighted by atomic mass is 32.2. The van der Waals surface area contributed by atoms with Gasteiger partial charge in [0.25, 0.3) is 5.91 Å². The molecule has 0 fully saturated rings. The van der Waals surface area contributed by atoms with Crippen LogP contribution in [-0.2, 0) is 13.1 Å². The van der Waals surface area contributed by atoms with Gasteiger partial charge in [-0.3, -0.25) is 9.59 Å². The van der Waals surface area contributed by atoms with Crippen LogP contribution in [0.5, 0.6) is 0 Å². The molecular formula is C24H30N8O2S. The Kier molecular flexibility index (Phi) is 7.34. The van der Waals surface area contributed by atoms with Crippen LogP contribution in [0.1, 0.15) is 43.7 Å². The number of hydrogen-bond acceptors (Lipinski definition) is 8. The van der Waals surface area contributed by atoms with E-state index in [2.05, 4.69) is 51.5 Å². The van der Waals surface area contributed by atoms with E-state index in [9.17, 15) is 9.59 Å². The molecule has 4 rings (SSSR count). The zero-order valence-corrected chi connectivity index (χ0v) is 21.4. The van der Waals surface area contributed by atoms with Crippen molar-refractivity contribution in [3.05, 3.63) is 46.0 Å². The third-order valence-corrected chi connectivity index (χ3v) is 6.16. The maximum Gasteiger partial charge on any atom is 0.256 e. The van der Waals surface area contributed by atoms with Gasteiger partial charge in [-0.1, -0.05) is 18.7 Å². The number of thioether (sulfide) groups is 1. The predicted octanol–water partition coefficient (Wildman–Crippen LogP) is 3.23. The van der Waals surface area contributed by atoms with Crippen LogP contribution in [0.3, 0.4) is 0 Å². The molecule has 0 bridgehead atoms. The number of nitrogens with one attached hydrogen (secondary N) is 2. The first-order valence-corrected chi connectivity index (χ1v) is 12.7. The van der Waals surface area contributed by atoms with Crippen LogP contribution in [-0.4, -0.2) is 53.5 Å². The van der Waals surface area contributed by atoms with E-state index >= 15 is 0 Å². The minimum absolute atomic E-state index is 0.0997. The molecule has 0 atom stereocenters. The Bertz CT molecular complexity index is 1440. The number of fused-ring (bicyclic) bond motifs is 2.